The molecule has 3 aromatic carbocycles. The van der Waals surface area contributed by atoms with Crippen molar-refractivity contribution in [2.24, 2.45) is 0 Å². The van der Waals surface area contributed by atoms with Gasteiger partial charge in [-0.15, -0.1) is 0 Å². The minimum atomic E-state index is -1.00. The molecule has 1 atom stereocenters. The Bertz CT molecular complexity index is 1160. The maximum Gasteiger partial charge on any atom is 0.259 e. The summed E-state index contributed by atoms with van der Waals surface area (Å²) in [4.78, 5) is 40.5. The molecule has 0 spiro atoms. The Kier molecular flexibility index (Phi) is 6.23. The molecular formula is C24H20BrN3O4. The zero-order valence-corrected chi connectivity index (χ0v) is 18.8. The Morgan fingerprint density at radius 2 is 1.72 bits per heavy atom. The average Bonchev–Trinajstić information content (AvgIpc) is 2.80. The van der Waals surface area contributed by atoms with Crippen LogP contribution in [0.25, 0.3) is 0 Å². The van der Waals surface area contributed by atoms with Gasteiger partial charge in [0.25, 0.3) is 5.91 Å². The molecular weight excluding hydrogens is 474 g/mol. The van der Waals surface area contributed by atoms with Gasteiger partial charge in [0.05, 0.1) is 24.9 Å². The molecule has 1 aliphatic rings. The summed E-state index contributed by atoms with van der Waals surface area (Å²) >= 11 is 3.35. The standard InChI is InChI=1S/C24H20BrN3O4/c1-32-18-12-6-15(7-13-18)24(31)28-20-5-3-2-4-19(20)27-23(30)21(28)14-22(29)26-17-10-8-16(25)9-11-17/h2-13,21H,14H2,1H3,(H,26,29)(H,27,30)/t21-/m1/s1. The van der Waals surface area contributed by atoms with Crippen LogP contribution in [0, 0.1) is 0 Å². The third-order valence-electron chi connectivity index (χ3n) is 5.10. The molecule has 1 heterocycles. The van der Waals surface area contributed by atoms with Gasteiger partial charge in [-0.25, -0.2) is 0 Å². The molecule has 3 aromatic rings. The smallest absolute Gasteiger partial charge is 0.259 e. The van der Waals surface area contributed by atoms with E-state index in [1.807, 2.05) is 0 Å². The molecule has 0 fully saturated rings. The van der Waals surface area contributed by atoms with Gasteiger partial charge in [0.15, 0.2) is 0 Å². The minimum Gasteiger partial charge on any atom is -0.497 e. The van der Waals surface area contributed by atoms with Gasteiger partial charge in [0.2, 0.25) is 11.8 Å². The molecule has 0 saturated carbocycles. The quantitative estimate of drug-likeness (QED) is 0.549. The summed E-state index contributed by atoms with van der Waals surface area (Å²) in [5, 5.41) is 5.58. The predicted octanol–water partition coefficient (Wildman–Crippen LogP) is 4.45. The summed E-state index contributed by atoms with van der Waals surface area (Å²) < 4.78 is 6.04. The second-order valence-electron chi connectivity index (χ2n) is 7.19. The van der Waals surface area contributed by atoms with E-state index in [0.29, 0.717) is 28.4 Å². The normalized spacial score (nSPS) is 14.9. The van der Waals surface area contributed by atoms with Crippen molar-refractivity contribution in [1.29, 1.82) is 0 Å². The van der Waals surface area contributed by atoms with Crippen molar-refractivity contribution in [2.75, 3.05) is 22.6 Å². The lowest BCUT2D eigenvalue weighted by molar-refractivity contribution is -0.122. The molecule has 0 aromatic heterocycles. The van der Waals surface area contributed by atoms with Crippen LogP contribution in [0.4, 0.5) is 17.1 Å². The topological polar surface area (TPSA) is 87.7 Å². The first-order valence-electron chi connectivity index (χ1n) is 9.89. The van der Waals surface area contributed by atoms with Crippen LogP contribution in [0.2, 0.25) is 0 Å². The molecule has 32 heavy (non-hydrogen) atoms. The molecule has 0 unspecified atom stereocenters. The maximum absolute atomic E-state index is 13.5. The summed E-state index contributed by atoms with van der Waals surface area (Å²) in [6.07, 6.45) is -0.196. The lowest BCUT2D eigenvalue weighted by atomic mass is 10.0. The van der Waals surface area contributed by atoms with Gasteiger partial charge in [-0.1, -0.05) is 28.1 Å². The highest BCUT2D eigenvalue weighted by atomic mass is 79.9. The van der Waals surface area contributed by atoms with E-state index in [-0.39, 0.29) is 18.2 Å². The van der Waals surface area contributed by atoms with E-state index in [1.165, 1.54) is 4.90 Å². The van der Waals surface area contributed by atoms with Gasteiger partial charge in [-0.3, -0.25) is 19.3 Å². The second-order valence-corrected chi connectivity index (χ2v) is 8.10. The van der Waals surface area contributed by atoms with E-state index < -0.39 is 11.9 Å². The fourth-order valence-electron chi connectivity index (χ4n) is 3.52. The van der Waals surface area contributed by atoms with Gasteiger partial charge >= 0.3 is 0 Å². The zero-order valence-electron chi connectivity index (χ0n) is 17.2. The highest BCUT2D eigenvalue weighted by Gasteiger charge is 2.38. The number of ether oxygens (including phenoxy) is 1. The van der Waals surface area contributed by atoms with E-state index in [0.717, 1.165) is 4.47 Å². The fourth-order valence-corrected chi connectivity index (χ4v) is 3.78. The van der Waals surface area contributed by atoms with E-state index >= 15 is 0 Å². The first kappa shape index (κ1) is 21.6. The molecule has 0 radical (unpaired) electrons. The number of hydrogen-bond donors (Lipinski definition) is 2. The van der Waals surface area contributed by atoms with Crippen LogP contribution in [-0.4, -0.2) is 30.9 Å². The maximum atomic E-state index is 13.5. The number of anilines is 3. The van der Waals surface area contributed by atoms with Gasteiger partial charge in [0.1, 0.15) is 11.8 Å². The summed E-state index contributed by atoms with van der Waals surface area (Å²) in [6, 6.07) is 19.7. The molecule has 0 bridgehead atoms. The van der Waals surface area contributed by atoms with Crippen molar-refractivity contribution in [3.63, 3.8) is 0 Å². The van der Waals surface area contributed by atoms with Crippen molar-refractivity contribution in [1.82, 2.24) is 0 Å². The van der Waals surface area contributed by atoms with Crippen LogP contribution in [0.3, 0.4) is 0 Å². The zero-order chi connectivity index (χ0) is 22.7. The number of carbonyl (C=O) groups excluding carboxylic acids is 3. The first-order valence-corrected chi connectivity index (χ1v) is 10.7. The Morgan fingerprint density at radius 3 is 2.41 bits per heavy atom. The molecule has 8 heteroatoms. The Labute approximate surface area is 193 Å². The molecule has 162 valence electrons. The van der Waals surface area contributed by atoms with Gasteiger partial charge < -0.3 is 15.4 Å². The molecule has 4 rings (SSSR count). The lowest BCUT2D eigenvalue weighted by Crippen LogP contribution is -2.52. The third kappa shape index (κ3) is 4.50. The van der Waals surface area contributed by atoms with Crippen LogP contribution in [0.1, 0.15) is 16.8 Å². The van der Waals surface area contributed by atoms with Crippen LogP contribution < -0.4 is 20.3 Å². The van der Waals surface area contributed by atoms with Crippen molar-refractivity contribution < 1.29 is 19.1 Å². The molecule has 0 saturated heterocycles. The van der Waals surface area contributed by atoms with E-state index in [2.05, 4.69) is 26.6 Å². The Hall–Kier alpha value is -3.65. The van der Waals surface area contributed by atoms with E-state index in [4.69, 9.17) is 4.74 Å². The molecule has 1 aliphatic heterocycles. The van der Waals surface area contributed by atoms with Crippen molar-refractivity contribution in [2.45, 2.75) is 12.5 Å². The lowest BCUT2D eigenvalue weighted by Gasteiger charge is -2.36. The molecule has 0 aliphatic carbocycles. The summed E-state index contributed by atoms with van der Waals surface area (Å²) in [5.74, 6) is -0.559. The summed E-state index contributed by atoms with van der Waals surface area (Å²) in [5.41, 5.74) is 2.04. The van der Waals surface area contributed by atoms with E-state index in [1.54, 1.807) is 79.9 Å². The van der Waals surface area contributed by atoms with Crippen molar-refractivity contribution >= 4 is 50.7 Å². The second kappa shape index (κ2) is 9.23. The third-order valence-corrected chi connectivity index (χ3v) is 5.63. The van der Waals surface area contributed by atoms with Crippen LogP contribution in [0.5, 0.6) is 5.75 Å². The average molecular weight is 494 g/mol. The number of benzene rings is 3. The fraction of sp³-hybridized carbons (Fsp3) is 0.125. The van der Waals surface area contributed by atoms with Crippen LogP contribution in [0.15, 0.2) is 77.3 Å². The molecule has 7 nitrogen and oxygen atoms in total. The number of methoxy groups -OCH3 is 1. The monoisotopic (exact) mass is 493 g/mol. The number of carbonyl (C=O) groups is 3. The van der Waals surface area contributed by atoms with Crippen molar-refractivity contribution in [3.8, 4) is 5.75 Å². The highest BCUT2D eigenvalue weighted by Crippen LogP contribution is 2.34. The van der Waals surface area contributed by atoms with Crippen molar-refractivity contribution in [3.05, 3.63) is 82.8 Å². The number of hydrogen-bond acceptors (Lipinski definition) is 4. The highest BCUT2D eigenvalue weighted by molar-refractivity contribution is 9.10. The largest absolute Gasteiger partial charge is 0.497 e. The molecule has 3 amide bonds. The number of nitrogens with zero attached hydrogens (tertiary/aromatic N) is 1. The van der Waals surface area contributed by atoms with Gasteiger partial charge in [-0.05, 0) is 60.7 Å². The number of halogens is 1. The SMILES string of the molecule is COc1ccc(C(=O)N2c3ccccc3NC(=O)[C@H]2CC(=O)Nc2ccc(Br)cc2)cc1. The Balaban J connectivity index is 1.64. The van der Waals surface area contributed by atoms with Gasteiger partial charge in [-0.2, -0.15) is 0 Å². The molecule has 2 N–H and O–H groups in total. The Morgan fingerprint density at radius 1 is 1.03 bits per heavy atom. The number of nitrogens with one attached hydrogen (secondary N) is 2. The first-order chi connectivity index (χ1) is 15.5. The number of para-hydroxylation sites is 2. The van der Waals surface area contributed by atoms with Crippen LogP contribution in [-0.2, 0) is 9.59 Å². The van der Waals surface area contributed by atoms with Gasteiger partial charge in [0, 0.05) is 15.7 Å². The summed E-state index contributed by atoms with van der Waals surface area (Å²) in [7, 11) is 1.54. The predicted molar refractivity (Wildman–Crippen MR) is 126 cm³/mol. The number of amides is 3. The minimum absolute atomic E-state index is 0.196. The summed E-state index contributed by atoms with van der Waals surface area (Å²) in [6.45, 7) is 0. The number of rotatable bonds is 5. The van der Waals surface area contributed by atoms with E-state index in [9.17, 15) is 14.4 Å². The van der Waals surface area contributed by atoms with Crippen LogP contribution >= 0.6 is 15.9 Å². The number of fused-ring (bicyclic) bond motifs is 1.